The molecule has 1 aliphatic heterocycles. The van der Waals surface area contributed by atoms with Gasteiger partial charge in [0.05, 0.1) is 10.7 Å². The van der Waals surface area contributed by atoms with Crippen molar-refractivity contribution < 1.29 is 18.7 Å². The number of benzene rings is 2. The second-order valence-corrected chi connectivity index (χ2v) is 7.59. The quantitative estimate of drug-likeness (QED) is 0.682. The maximum Gasteiger partial charge on any atom is 0.267 e. The lowest BCUT2D eigenvalue weighted by Gasteiger charge is -2.25. The molecule has 0 aliphatic carbocycles. The van der Waals surface area contributed by atoms with Crippen LogP contribution in [-0.2, 0) is 10.3 Å². The van der Waals surface area contributed by atoms with Crippen LogP contribution in [0, 0.1) is 5.82 Å². The van der Waals surface area contributed by atoms with Crippen LogP contribution in [0.4, 0.5) is 10.1 Å². The highest BCUT2D eigenvalue weighted by Gasteiger charge is 2.32. The van der Waals surface area contributed by atoms with Crippen molar-refractivity contribution >= 4 is 23.2 Å². The lowest BCUT2D eigenvalue weighted by atomic mass is 10.0. The van der Waals surface area contributed by atoms with Crippen LogP contribution in [0.1, 0.15) is 13.8 Å². The third-order valence-corrected chi connectivity index (χ3v) is 5.02. The van der Waals surface area contributed by atoms with Gasteiger partial charge in [0, 0.05) is 17.3 Å². The first-order chi connectivity index (χ1) is 14.3. The number of carbonyl (C=O) groups excluding carboxylic acids is 1. The van der Waals surface area contributed by atoms with Gasteiger partial charge in [0.2, 0.25) is 6.79 Å². The van der Waals surface area contributed by atoms with Crippen LogP contribution >= 0.6 is 11.6 Å². The van der Waals surface area contributed by atoms with Crippen molar-refractivity contribution in [2.75, 3.05) is 12.1 Å². The molecule has 1 amide bonds. The molecule has 0 spiro atoms. The summed E-state index contributed by atoms with van der Waals surface area (Å²) in [5.74, 6) is 0.104. The van der Waals surface area contributed by atoms with Crippen molar-refractivity contribution in [3.8, 4) is 22.8 Å². The Balaban J connectivity index is 1.66. The molecule has 1 aromatic heterocycles. The number of hydrogen-bond donors (Lipinski definition) is 1. The third kappa shape index (κ3) is 3.61. The van der Waals surface area contributed by atoms with Gasteiger partial charge >= 0.3 is 0 Å². The van der Waals surface area contributed by atoms with Crippen LogP contribution < -0.4 is 20.3 Å². The number of nitrogens with zero attached hydrogens (tertiary/aromatic N) is 2. The van der Waals surface area contributed by atoms with E-state index in [-0.39, 0.29) is 11.8 Å². The summed E-state index contributed by atoms with van der Waals surface area (Å²) in [6, 6.07) is 12.0. The second-order valence-electron chi connectivity index (χ2n) is 7.18. The molecular weight excluding hydrogens is 413 g/mol. The van der Waals surface area contributed by atoms with Crippen LogP contribution in [0.2, 0.25) is 5.02 Å². The molecule has 0 saturated heterocycles. The molecule has 30 heavy (non-hydrogen) atoms. The predicted molar refractivity (Wildman–Crippen MR) is 109 cm³/mol. The molecule has 3 aromatic rings. The van der Waals surface area contributed by atoms with Gasteiger partial charge in [-0.25, -0.2) is 9.07 Å². The minimum atomic E-state index is -1.34. The average Bonchev–Trinajstić information content (AvgIpc) is 3.18. The molecule has 0 radical (unpaired) electrons. The van der Waals surface area contributed by atoms with E-state index >= 15 is 0 Å². The van der Waals surface area contributed by atoms with Gasteiger partial charge in [-0.2, -0.15) is 5.10 Å². The number of nitrogens with one attached hydrogen (secondary N) is 1. The van der Waals surface area contributed by atoms with E-state index in [1.807, 2.05) is 0 Å². The summed E-state index contributed by atoms with van der Waals surface area (Å²) in [4.78, 5) is 25.4. The van der Waals surface area contributed by atoms with Gasteiger partial charge in [0.25, 0.3) is 11.5 Å². The standard InChI is InChI=1S/C21H17ClFN3O4/c1-21(2,20(28)24-13-4-5-15(23)14(22)10-13)26-19(27)8-6-16(25-26)12-3-7-17-18(9-12)30-11-29-17/h3-10H,11H2,1-2H3,(H,24,28). The topological polar surface area (TPSA) is 82.5 Å². The Morgan fingerprint density at radius 3 is 2.67 bits per heavy atom. The molecule has 0 saturated carbocycles. The third-order valence-electron chi connectivity index (χ3n) is 4.73. The van der Waals surface area contributed by atoms with Gasteiger partial charge in [0.1, 0.15) is 11.4 Å². The fourth-order valence-corrected chi connectivity index (χ4v) is 3.16. The van der Waals surface area contributed by atoms with Crippen LogP contribution in [0.3, 0.4) is 0 Å². The van der Waals surface area contributed by atoms with Gasteiger partial charge < -0.3 is 14.8 Å². The Morgan fingerprint density at radius 2 is 1.90 bits per heavy atom. The van der Waals surface area contributed by atoms with Crippen molar-refractivity contribution in [1.82, 2.24) is 9.78 Å². The van der Waals surface area contributed by atoms with Gasteiger partial charge in [-0.3, -0.25) is 9.59 Å². The fraction of sp³-hybridized carbons (Fsp3) is 0.190. The zero-order valence-corrected chi connectivity index (χ0v) is 16.9. The van der Waals surface area contributed by atoms with E-state index in [2.05, 4.69) is 10.4 Å². The molecular formula is C21H17ClFN3O4. The van der Waals surface area contributed by atoms with Crippen molar-refractivity contribution in [2.24, 2.45) is 0 Å². The number of amides is 1. The second kappa shape index (κ2) is 7.46. The minimum absolute atomic E-state index is 0.120. The molecule has 2 aromatic carbocycles. The molecule has 4 rings (SSSR count). The first-order valence-corrected chi connectivity index (χ1v) is 9.41. The summed E-state index contributed by atoms with van der Waals surface area (Å²) in [5.41, 5.74) is -0.297. The lowest BCUT2D eigenvalue weighted by Crippen LogP contribution is -2.47. The number of carbonyl (C=O) groups is 1. The number of anilines is 1. The predicted octanol–water partition coefficient (Wildman–Crippen LogP) is 3.81. The number of aromatic nitrogens is 2. The van der Waals surface area contributed by atoms with Crippen molar-refractivity contribution in [3.63, 3.8) is 0 Å². The molecule has 154 valence electrons. The molecule has 0 unspecified atom stereocenters. The average molecular weight is 430 g/mol. The van der Waals surface area contributed by atoms with E-state index in [4.69, 9.17) is 21.1 Å². The monoisotopic (exact) mass is 429 g/mol. The molecule has 0 atom stereocenters. The lowest BCUT2D eigenvalue weighted by molar-refractivity contribution is -0.123. The van der Waals surface area contributed by atoms with Crippen molar-refractivity contribution in [1.29, 1.82) is 0 Å². The van der Waals surface area contributed by atoms with Gasteiger partial charge in [-0.1, -0.05) is 11.6 Å². The van der Waals surface area contributed by atoms with E-state index in [1.165, 1.54) is 18.2 Å². The largest absolute Gasteiger partial charge is 0.454 e. The number of ether oxygens (including phenoxy) is 2. The highest BCUT2D eigenvalue weighted by molar-refractivity contribution is 6.31. The SMILES string of the molecule is CC(C)(C(=O)Nc1ccc(F)c(Cl)c1)n1nc(-c2ccc3c(c2)OCO3)ccc1=O. The molecule has 9 heteroatoms. The van der Waals surface area contributed by atoms with E-state index in [9.17, 15) is 14.0 Å². The summed E-state index contributed by atoms with van der Waals surface area (Å²) in [7, 11) is 0. The fourth-order valence-electron chi connectivity index (χ4n) is 2.98. The van der Waals surface area contributed by atoms with Crippen LogP contribution in [0.25, 0.3) is 11.3 Å². The zero-order chi connectivity index (χ0) is 21.5. The number of hydrogen-bond acceptors (Lipinski definition) is 5. The van der Waals surface area contributed by atoms with Crippen LogP contribution in [-0.4, -0.2) is 22.5 Å². The Hall–Kier alpha value is -3.39. The Kier molecular flexibility index (Phi) is 4.95. The van der Waals surface area contributed by atoms with Crippen molar-refractivity contribution in [3.05, 3.63) is 69.7 Å². The van der Waals surface area contributed by atoms with Gasteiger partial charge in [-0.15, -0.1) is 0 Å². The van der Waals surface area contributed by atoms with E-state index in [0.29, 0.717) is 28.4 Å². The van der Waals surface area contributed by atoms with E-state index in [1.54, 1.807) is 38.1 Å². The highest BCUT2D eigenvalue weighted by Crippen LogP contribution is 2.35. The summed E-state index contributed by atoms with van der Waals surface area (Å²) >= 11 is 5.77. The molecule has 0 bridgehead atoms. The smallest absolute Gasteiger partial charge is 0.267 e. The summed E-state index contributed by atoms with van der Waals surface area (Å²) in [6.07, 6.45) is 0. The Labute approximate surface area is 176 Å². The van der Waals surface area contributed by atoms with Gasteiger partial charge in [0.15, 0.2) is 11.5 Å². The minimum Gasteiger partial charge on any atom is -0.454 e. The highest BCUT2D eigenvalue weighted by atomic mass is 35.5. The molecule has 1 N–H and O–H groups in total. The zero-order valence-electron chi connectivity index (χ0n) is 16.1. The summed E-state index contributed by atoms with van der Waals surface area (Å²) < 4.78 is 25.2. The molecule has 7 nitrogen and oxygen atoms in total. The Morgan fingerprint density at radius 1 is 1.13 bits per heavy atom. The summed E-state index contributed by atoms with van der Waals surface area (Å²) in [5, 5.41) is 6.92. The first kappa shape index (κ1) is 19.9. The van der Waals surface area contributed by atoms with Crippen molar-refractivity contribution in [2.45, 2.75) is 19.4 Å². The van der Waals surface area contributed by atoms with Crippen LogP contribution in [0.15, 0.2) is 53.3 Å². The number of halogens is 2. The normalized spacial score (nSPS) is 12.7. The maximum absolute atomic E-state index is 13.4. The molecule has 1 aliphatic rings. The number of rotatable bonds is 4. The summed E-state index contributed by atoms with van der Waals surface area (Å²) in [6.45, 7) is 3.27. The van der Waals surface area contributed by atoms with Gasteiger partial charge in [-0.05, 0) is 56.3 Å². The molecule has 0 fully saturated rings. The van der Waals surface area contributed by atoms with E-state index in [0.717, 1.165) is 10.7 Å². The van der Waals surface area contributed by atoms with Crippen LogP contribution in [0.5, 0.6) is 11.5 Å². The maximum atomic E-state index is 13.4. The van der Waals surface area contributed by atoms with E-state index < -0.39 is 22.8 Å². The number of fused-ring (bicyclic) bond motifs is 1. The first-order valence-electron chi connectivity index (χ1n) is 9.03. The molecule has 2 heterocycles. The Bertz CT molecular complexity index is 1210.